The minimum Gasteiger partial charge on any atom is -0.481 e. The number of benzene rings is 1. The number of carbonyl (C=O) groups excluding carboxylic acids is 2. The smallest absolute Gasteiger partial charge is 0.324 e. The van der Waals surface area contributed by atoms with Gasteiger partial charge in [0.05, 0.1) is 6.42 Å². The van der Waals surface area contributed by atoms with Gasteiger partial charge >= 0.3 is 12.0 Å². The molecule has 1 aromatic carbocycles. The number of carboxylic acid groups (broad SMARTS) is 1. The van der Waals surface area contributed by atoms with Crippen LogP contribution in [0.15, 0.2) is 24.3 Å². The van der Waals surface area contributed by atoms with Crippen molar-refractivity contribution < 1.29 is 19.5 Å². The molecule has 0 aromatic heterocycles. The van der Waals surface area contributed by atoms with Gasteiger partial charge in [-0.3, -0.25) is 14.5 Å². The fraction of sp³-hybridized carbons (Fsp3) is 0.500. The third kappa shape index (κ3) is 4.13. The fourth-order valence-electron chi connectivity index (χ4n) is 3.43. The minimum atomic E-state index is -0.952. The molecular weight excluding hydrogens is 336 g/mol. The zero-order chi connectivity index (χ0) is 18.5. The van der Waals surface area contributed by atoms with Crippen LogP contribution in [0.4, 0.5) is 10.5 Å². The van der Waals surface area contributed by atoms with Gasteiger partial charge in [-0.2, -0.15) is 0 Å². The van der Waals surface area contributed by atoms with Crippen LogP contribution in [0, 0.1) is 0 Å². The lowest BCUT2D eigenvalue weighted by atomic mass is 10.1. The molecule has 3 amide bonds. The Balaban J connectivity index is 1.59. The number of piperidine rings is 1. The molecule has 3 N–H and O–H groups in total. The molecule has 1 aromatic rings. The Labute approximate surface area is 152 Å². The van der Waals surface area contributed by atoms with E-state index in [0.29, 0.717) is 18.2 Å². The molecular formula is C18H24N4O4. The second-order valence-corrected chi connectivity index (χ2v) is 6.56. The molecule has 26 heavy (non-hydrogen) atoms. The van der Waals surface area contributed by atoms with Gasteiger partial charge in [0.2, 0.25) is 0 Å². The van der Waals surface area contributed by atoms with E-state index in [-0.39, 0.29) is 24.9 Å². The van der Waals surface area contributed by atoms with Crippen LogP contribution in [-0.4, -0.2) is 66.7 Å². The highest BCUT2D eigenvalue weighted by atomic mass is 16.4. The molecule has 140 valence electrons. The lowest BCUT2D eigenvalue weighted by molar-refractivity contribution is -0.136. The number of nitrogens with zero attached hydrogens (tertiary/aromatic N) is 2. The molecule has 0 atom stereocenters. The molecule has 2 fully saturated rings. The van der Waals surface area contributed by atoms with Gasteiger partial charge < -0.3 is 20.6 Å². The summed E-state index contributed by atoms with van der Waals surface area (Å²) in [5, 5.41) is 14.5. The molecule has 2 aliphatic heterocycles. The van der Waals surface area contributed by atoms with Gasteiger partial charge in [-0.05, 0) is 50.2 Å². The van der Waals surface area contributed by atoms with Gasteiger partial charge in [-0.1, -0.05) is 0 Å². The molecule has 8 nitrogen and oxygen atoms in total. The Hall–Kier alpha value is -2.61. The van der Waals surface area contributed by atoms with Gasteiger partial charge in [0.25, 0.3) is 5.91 Å². The summed E-state index contributed by atoms with van der Waals surface area (Å²) in [7, 11) is 0. The van der Waals surface area contributed by atoms with Crippen molar-refractivity contribution in [2.45, 2.75) is 25.3 Å². The number of carbonyl (C=O) groups is 3. The molecule has 0 saturated carbocycles. The number of aliphatic carboxylic acids is 1. The lowest BCUT2D eigenvalue weighted by Gasteiger charge is -2.31. The second-order valence-electron chi connectivity index (χ2n) is 6.56. The predicted octanol–water partition coefficient (Wildman–Crippen LogP) is 0.885. The Bertz CT molecular complexity index is 670. The van der Waals surface area contributed by atoms with E-state index >= 15 is 0 Å². The van der Waals surface area contributed by atoms with Crippen LogP contribution in [0.3, 0.4) is 0 Å². The summed E-state index contributed by atoms with van der Waals surface area (Å²) in [5.41, 5.74) is 1.22. The number of amides is 3. The van der Waals surface area contributed by atoms with E-state index in [2.05, 4.69) is 10.6 Å². The predicted molar refractivity (Wildman–Crippen MR) is 96.4 cm³/mol. The van der Waals surface area contributed by atoms with Crippen molar-refractivity contribution in [2.24, 2.45) is 0 Å². The number of rotatable bonds is 6. The van der Waals surface area contributed by atoms with Crippen molar-refractivity contribution in [2.75, 3.05) is 37.6 Å². The highest BCUT2D eigenvalue weighted by Crippen LogP contribution is 2.24. The largest absolute Gasteiger partial charge is 0.481 e. The first-order chi connectivity index (χ1) is 12.6. The lowest BCUT2D eigenvalue weighted by Crippen LogP contribution is -2.45. The monoisotopic (exact) mass is 360 g/mol. The molecule has 0 radical (unpaired) electrons. The number of hydrogen-bond donors (Lipinski definition) is 3. The Morgan fingerprint density at radius 2 is 1.85 bits per heavy atom. The van der Waals surface area contributed by atoms with Gasteiger partial charge in [0, 0.05) is 36.9 Å². The number of hydrogen-bond acceptors (Lipinski definition) is 4. The number of carboxylic acids is 1. The molecule has 0 unspecified atom stereocenters. The number of urea groups is 1. The third-order valence-corrected chi connectivity index (χ3v) is 4.86. The summed E-state index contributed by atoms with van der Waals surface area (Å²) >= 11 is 0. The average molecular weight is 360 g/mol. The molecule has 3 rings (SSSR count). The van der Waals surface area contributed by atoms with Crippen LogP contribution in [0.5, 0.6) is 0 Å². The highest BCUT2D eigenvalue weighted by molar-refractivity contribution is 5.97. The summed E-state index contributed by atoms with van der Waals surface area (Å²) in [4.78, 5) is 38.9. The van der Waals surface area contributed by atoms with Gasteiger partial charge in [-0.15, -0.1) is 0 Å². The van der Waals surface area contributed by atoms with Crippen molar-refractivity contribution in [1.29, 1.82) is 0 Å². The topological polar surface area (TPSA) is 102 Å². The molecule has 8 heteroatoms. The van der Waals surface area contributed by atoms with E-state index in [0.717, 1.165) is 38.2 Å². The molecule has 2 saturated heterocycles. The maximum absolute atomic E-state index is 12.7. The van der Waals surface area contributed by atoms with Crippen molar-refractivity contribution in [1.82, 2.24) is 15.5 Å². The highest BCUT2D eigenvalue weighted by Gasteiger charge is 2.34. The zero-order valence-electron chi connectivity index (χ0n) is 14.6. The van der Waals surface area contributed by atoms with Crippen molar-refractivity contribution in [3.63, 3.8) is 0 Å². The van der Waals surface area contributed by atoms with E-state index in [1.165, 1.54) is 0 Å². The molecule has 0 bridgehead atoms. The summed E-state index contributed by atoms with van der Waals surface area (Å²) in [6, 6.07) is 7.16. The van der Waals surface area contributed by atoms with E-state index in [4.69, 9.17) is 5.11 Å². The van der Waals surface area contributed by atoms with Crippen LogP contribution in [0.25, 0.3) is 0 Å². The molecule has 0 aliphatic carbocycles. The minimum absolute atomic E-state index is 0.0237. The maximum atomic E-state index is 12.7. The standard InChI is InChI=1S/C18H24N4O4/c23-16(24)7-10-20-17(25)13-1-3-14(4-2-13)21-11-12-22(18(21)26)15-5-8-19-9-6-15/h1-4,15,19H,5-12H2,(H,20,25)(H,23,24). The summed E-state index contributed by atoms with van der Waals surface area (Å²) in [6.45, 7) is 3.35. The number of nitrogens with one attached hydrogen (secondary N) is 2. The molecule has 0 spiro atoms. The Morgan fingerprint density at radius 1 is 1.15 bits per heavy atom. The normalized spacial score (nSPS) is 18.2. The van der Waals surface area contributed by atoms with E-state index in [9.17, 15) is 14.4 Å². The summed E-state index contributed by atoms with van der Waals surface area (Å²) in [6.07, 6.45) is 1.85. The first-order valence-electron chi connectivity index (χ1n) is 8.95. The van der Waals surface area contributed by atoms with Crippen LogP contribution >= 0.6 is 0 Å². The summed E-state index contributed by atoms with van der Waals surface area (Å²) < 4.78 is 0. The van der Waals surface area contributed by atoms with Gasteiger partial charge in [0.15, 0.2) is 0 Å². The van der Waals surface area contributed by atoms with E-state index in [1.54, 1.807) is 29.2 Å². The number of anilines is 1. The summed E-state index contributed by atoms with van der Waals surface area (Å²) in [5.74, 6) is -1.27. The third-order valence-electron chi connectivity index (χ3n) is 4.86. The average Bonchev–Trinajstić information content (AvgIpc) is 3.03. The van der Waals surface area contributed by atoms with Crippen LogP contribution in [-0.2, 0) is 4.79 Å². The zero-order valence-corrected chi connectivity index (χ0v) is 14.6. The van der Waals surface area contributed by atoms with Crippen LogP contribution in [0.1, 0.15) is 29.6 Å². The van der Waals surface area contributed by atoms with Crippen molar-refractivity contribution in [3.8, 4) is 0 Å². The first-order valence-corrected chi connectivity index (χ1v) is 8.95. The van der Waals surface area contributed by atoms with Gasteiger partial charge in [-0.25, -0.2) is 4.79 Å². The Kier molecular flexibility index (Phi) is 5.72. The first kappa shape index (κ1) is 18.2. The van der Waals surface area contributed by atoms with Gasteiger partial charge in [0.1, 0.15) is 0 Å². The van der Waals surface area contributed by atoms with Crippen LogP contribution in [0.2, 0.25) is 0 Å². The fourth-order valence-corrected chi connectivity index (χ4v) is 3.43. The SMILES string of the molecule is O=C(O)CCNC(=O)c1ccc(N2CCN(C3CCNCC3)C2=O)cc1. The van der Waals surface area contributed by atoms with E-state index in [1.807, 2.05) is 4.90 Å². The molecule has 2 aliphatic rings. The van der Waals surface area contributed by atoms with Crippen molar-refractivity contribution in [3.05, 3.63) is 29.8 Å². The second kappa shape index (κ2) is 8.18. The van der Waals surface area contributed by atoms with Crippen molar-refractivity contribution >= 4 is 23.6 Å². The van der Waals surface area contributed by atoms with Crippen LogP contribution < -0.4 is 15.5 Å². The maximum Gasteiger partial charge on any atom is 0.324 e. The van der Waals surface area contributed by atoms with E-state index < -0.39 is 5.97 Å². The Morgan fingerprint density at radius 3 is 2.50 bits per heavy atom. The molecule has 2 heterocycles. The quantitative estimate of drug-likeness (QED) is 0.699.